The lowest BCUT2D eigenvalue weighted by Gasteiger charge is -2.41. The second kappa shape index (κ2) is 35.6. The van der Waals surface area contributed by atoms with Crippen LogP contribution in [0.1, 0.15) is 151 Å². The van der Waals surface area contributed by atoms with Crippen molar-refractivity contribution in [3.63, 3.8) is 0 Å². The standard InChI is InChI=1S/C29H31F7N2O4.C28H25F7N2O4.C25H26F7NO4S/c1-16-9-22(30)3-4-23(16)25-24-14-38(27(39)37-5-7-40-8-6-37)13-19(24)15-41-26(25)42-17(2)18-10-20(28(31,32)33)12-21(11-18)29(34,35)36;1-14-5-20(29)3-4-21(14)24-22-11-37(25(38)23-9-36-13-40-23)10-17(22)12-39-26(24)41-15(2)16-6-18(27(30,31)32)8-19(7-16)28(33,34)35;1-13-6-19(26)4-5-20(13)22-21-11-33(38(3,34)35)10-16(21)12-36-23(22)37-14(2)15-7-17(24(27,28)29)9-18(8-15)25(30,31)32/h3-4,9-12,17,19,24-26H,5-8,13-15H2,1-2H3;3-9,13,15,17,22,24,26H,10-12H2,1-2H3;4-9,14,16,21-23H,10-12H2,1-3H3/t17-,19+,24-,25+,26-;15-,17+,22-,24+,26-;14-,16+,21-,22+,23-/m111/s1. The molecular formula is C82H82F21N5O12S. The molecule has 7 fully saturated rings. The van der Waals surface area contributed by atoms with Crippen LogP contribution in [-0.4, -0.2) is 155 Å². The van der Waals surface area contributed by atoms with E-state index in [2.05, 4.69) is 4.98 Å². The monoisotopic (exact) mass is 1760 g/mol. The van der Waals surface area contributed by atoms with Crippen molar-refractivity contribution in [2.24, 2.45) is 35.5 Å². The highest BCUT2D eigenvalue weighted by Crippen LogP contribution is 2.52. The van der Waals surface area contributed by atoms with Gasteiger partial charge in [-0.15, -0.1) is 0 Å². The first-order chi connectivity index (χ1) is 56.4. The third-order valence-corrected chi connectivity index (χ3v) is 24.3. The zero-order valence-corrected chi connectivity index (χ0v) is 66.2. The van der Waals surface area contributed by atoms with E-state index in [1.54, 1.807) is 47.6 Å². The largest absolute Gasteiger partial charge is 0.438 e. The molecule has 15 atom stereocenters. The molecule has 1 aromatic heterocycles. The van der Waals surface area contributed by atoms with Crippen LogP contribution in [0, 0.1) is 73.7 Å². The Morgan fingerprint density at radius 1 is 0.430 bits per heavy atom. The maximum absolute atomic E-state index is 14.0. The molecule has 6 aromatic carbocycles. The van der Waals surface area contributed by atoms with Crippen molar-refractivity contribution in [1.82, 2.24) is 24.0 Å². The first-order valence-corrected chi connectivity index (χ1v) is 40.0. The van der Waals surface area contributed by atoms with Crippen LogP contribution in [0.4, 0.5) is 97.0 Å². The normalized spacial score (nSPS) is 25.2. The van der Waals surface area contributed by atoms with E-state index < -0.39 is 153 Å². The number of alkyl halides is 18. The number of morpholine rings is 1. The van der Waals surface area contributed by atoms with Crippen molar-refractivity contribution >= 4 is 22.0 Å². The van der Waals surface area contributed by atoms with E-state index >= 15 is 0 Å². The van der Waals surface area contributed by atoms with E-state index in [4.69, 9.17) is 37.6 Å². The minimum Gasteiger partial charge on any atom is -0.438 e. The van der Waals surface area contributed by atoms with E-state index in [9.17, 15) is 110 Å². The average molecular weight is 1760 g/mol. The van der Waals surface area contributed by atoms with Crippen LogP contribution in [-0.2, 0) is 80.2 Å². The molecule has 17 nitrogen and oxygen atoms in total. The predicted octanol–water partition coefficient (Wildman–Crippen LogP) is 19.1. The van der Waals surface area contributed by atoms with Gasteiger partial charge in [-0.3, -0.25) is 4.79 Å². The summed E-state index contributed by atoms with van der Waals surface area (Å²) in [5.41, 5.74) is -6.15. The van der Waals surface area contributed by atoms with Crippen molar-refractivity contribution in [2.45, 2.75) is 134 Å². The molecule has 0 N–H and O–H groups in total. The number of aromatic nitrogens is 1. The van der Waals surface area contributed by atoms with Crippen molar-refractivity contribution in [3.05, 3.63) is 228 Å². The summed E-state index contributed by atoms with van der Waals surface area (Å²) in [7, 11) is -3.54. The molecule has 8 heterocycles. The summed E-state index contributed by atoms with van der Waals surface area (Å²) in [5.74, 6) is -4.96. The summed E-state index contributed by atoms with van der Waals surface area (Å²) in [6, 6.07) is 16.1. The number of benzene rings is 6. The van der Waals surface area contributed by atoms with Gasteiger partial charge in [0, 0.05) is 87.9 Å². The molecule has 0 saturated carbocycles. The SMILES string of the molecule is Cc1cc(F)ccc1[C@@H]1[C@@H](O[C@H](C)c2cc(C(F)(F)F)cc(C(F)(F)F)c2)OC[C@@H]2CN(C(=O)N3CCOCC3)C[C@H]21.Cc1cc(F)ccc1[C@@H]1[C@@H](O[C@H](C)c2cc(C(F)(F)F)cc(C(F)(F)F)c2)OC[C@@H]2CN(C(=O)c3cnco3)C[C@H]21.Cc1cc(F)ccc1[C@@H]1[C@@H](O[C@H](C)c2cc(C(F)(F)F)cc(C(F)(F)F)c2)OC[C@@H]2CN(S(C)(=O)=O)C[C@H]21. The maximum Gasteiger partial charge on any atom is 0.416 e. The van der Waals surface area contributed by atoms with Gasteiger partial charge in [-0.05, 0) is 200 Å². The number of hydrogen-bond acceptors (Lipinski definition) is 13. The number of fused-ring (bicyclic) bond motifs is 3. The highest BCUT2D eigenvalue weighted by molar-refractivity contribution is 7.88. The zero-order chi connectivity index (χ0) is 88.3. The van der Waals surface area contributed by atoms with Gasteiger partial charge in [0.1, 0.15) is 17.5 Å². The Labute approximate surface area is 680 Å². The lowest BCUT2D eigenvalue weighted by Crippen LogP contribution is -2.47. The number of sulfonamides is 1. The van der Waals surface area contributed by atoms with Gasteiger partial charge in [0.15, 0.2) is 25.3 Å². The van der Waals surface area contributed by atoms with E-state index in [0.717, 1.165) is 12.6 Å². The van der Waals surface area contributed by atoms with Crippen molar-refractivity contribution in [2.75, 3.05) is 91.6 Å². The number of rotatable bonds is 14. The molecule has 0 unspecified atom stereocenters. The summed E-state index contributed by atoms with van der Waals surface area (Å²) >= 11 is 0. The Morgan fingerprint density at radius 3 is 1.05 bits per heavy atom. The summed E-state index contributed by atoms with van der Waals surface area (Å²) in [6.07, 6.45) is -33.6. The number of carbonyl (C=O) groups excluding carboxylic acids is 2. The van der Waals surface area contributed by atoms with Gasteiger partial charge in [-0.2, -0.15) is 79.0 Å². The number of urea groups is 1. The van der Waals surface area contributed by atoms with Crippen LogP contribution in [0.15, 0.2) is 126 Å². The fourth-order valence-electron chi connectivity index (χ4n) is 17.0. The zero-order valence-electron chi connectivity index (χ0n) is 65.4. The third kappa shape index (κ3) is 21.3. The molecule has 7 saturated heterocycles. The Morgan fingerprint density at radius 2 is 0.744 bits per heavy atom. The Kier molecular flexibility index (Phi) is 26.9. The molecular weight excluding hydrogens is 1680 g/mol. The minimum absolute atomic E-state index is 0.0426. The summed E-state index contributed by atoms with van der Waals surface area (Å²) in [4.78, 5) is 35.0. The van der Waals surface area contributed by atoms with E-state index in [-0.39, 0.29) is 128 Å². The van der Waals surface area contributed by atoms with Crippen molar-refractivity contribution in [3.8, 4) is 0 Å². The number of nitrogens with zero attached hydrogens (tertiary/aromatic N) is 5. The molecule has 0 bridgehead atoms. The predicted molar refractivity (Wildman–Crippen MR) is 388 cm³/mol. The molecule has 14 rings (SSSR count). The number of halogens is 21. The molecule has 121 heavy (non-hydrogen) atoms. The number of oxazole rings is 1. The maximum atomic E-state index is 14.0. The highest BCUT2D eigenvalue weighted by atomic mass is 32.2. The second-order valence-corrected chi connectivity index (χ2v) is 33.2. The summed E-state index contributed by atoms with van der Waals surface area (Å²) < 4.78 is 356. The second-order valence-electron chi connectivity index (χ2n) is 31.3. The quantitative estimate of drug-likeness (QED) is 0.0943. The van der Waals surface area contributed by atoms with Crippen molar-refractivity contribution in [1.29, 1.82) is 0 Å². The van der Waals surface area contributed by atoms with Gasteiger partial charge >= 0.3 is 43.1 Å². The van der Waals surface area contributed by atoms with Gasteiger partial charge in [0.2, 0.25) is 15.8 Å². The van der Waals surface area contributed by atoms with Gasteiger partial charge in [0.25, 0.3) is 5.91 Å². The molecule has 660 valence electrons. The molecule has 7 aliphatic heterocycles. The van der Waals surface area contributed by atoms with Gasteiger partial charge < -0.3 is 52.3 Å². The van der Waals surface area contributed by atoms with Gasteiger partial charge in [-0.1, -0.05) is 18.2 Å². The van der Waals surface area contributed by atoms with Crippen LogP contribution >= 0.6 is 0 Å². The van der Waals surface area contributed by atoms with E-state index in [1.807, 2.05) is 0 Å². The van der Waals surface area contributed by atoms with Gasteiger partial charge in [-0.25, -0.2) is 35.7 Å². The molecule has 0 aliphatic carbocycles. The molecule has 0 spiro atoms. The fraction of sp³-hybridized carbons (Fsp3) is 0.500. The van der Waals surface area contributed by atoms with Crippen LogP contribution in [0.25, 0.3) is 0 Å². The number of likely N-dealkylation sites (tertiary alicyclic amines) is 2. The lowest BCUT2D eigenvalue weighted by atomic mass is 9.76. The molecule has 7 aromatic rings. The van der Waals surface area contributed by atoms with Crippen LogP contribution in [0.2, 0.25) is 0 Å². The average Bonchev–Trinajstić information content (AvgIpc) is 1.70. The molecule has 0 radical (unpaired) electrons. The van der Waals surface area contributed by atoms with Crippen LogP contribution in [0.3, 0.4) is 0 Å². The Balaban J connectivity index is 0.000000166. The molecule has 39 heteroatoms. The Bertz CT molecular complexity index is 4870. The summed E-state index contributed by atoms with van der Waals surface area (Å²) in [5, 5.41) is 0. The number of hydrogen-bond donors (Lipinski definition) is 0. The first kappa shape index (κ1) is 91.6. The van der Waals surface area contributed by atoms with E-state index in [0.29, 0.717) is 116 Å². The smallest absolute Gasteiger partial charge is 0.416 e. The van der Waals surface area contributed by atoms with Gasteiger partial charge in [0.05, 0.1) is 97.2 Å². The van der Waals surface area contributed by atoms with Crippen LogP contribution < -0.4 is 0 Å². The highest BCUT2D eigenvalue weighted by Gasteiger charge is 2.54. The number of aryl methyl sites for hydroxylation is 3. The topological polar surface area (TPSA) is 172 Å². The summed E-state index contributed by atoms with van der Waals surface area (Å²) in [6.45, 7) is 12.8. The number of carbonyl (C=O) groups is 2. The van der Waals surface area contributed by atoms with E-state index in [1.165, 1.54) is 73.7 Å². The number of amides is 3. The lowest BCUT2D eigenvalue weighted by molar-refractivity contribution is -0.217. The molecule has 3 amide bonds. The molecule has 7 aliphatic rings. The Hall–Kier alpha value is -8.57. The third-order valence-electron chi connectivity index (χ3n) is 23.1. The first-order valence-electron chi connectivity index (χ1n) is 38.1. The van der Waals surface area contributed by atoms with Crippen molar-refractivity contribution < 1.29 is 148 Å². The minimum atomic E-state index is -5.02. The number of ether oxygens (including phenoxy) is 7. The van der Waals surface area contributed by atoms with Crippen LogP contribution in [0.5, 0.6) is 0 Å². The fourth-order valence-corrected chi connectivity index (χ4v) is 17.9.